The predicted molar refractivity (Wildman–Crippen MR) is 111 cm³/mol. The highest BCUT2D eigenvalue weighted by atomic mass is 32.2. The third-order valence-corrected chi connectivity index (χ3v) is 7.42. The van der Waals surface area contributed by atoms with Gasteiger partial charge in [-0.3, -0.25) is 4.79 Å². The van der Waals surface area contributed by atoms with E-state index in [2.05, 4.69) is 5.10 Å². The molecule has 2 heterocycles. The Balaban J connectivity index is 1.62. The molecule has 0 radical (unpaired) electrons. The van der Waals surface area contributed by atoms with Gasteiger partial charge in [-0.1, -0.05) is 30.0 Å². The molecular formula is C22H21F2N3O2S. The molecule has 5 rings (SSSR count). The van der Waals surface area contributed by atoms with E-state index in [-0.39, 0.29) is 23.4 Å². The van der Waals surface area contributed by atoms with Gasteiger partial charge in [-0.15, -0.1) is 0 Å². The van der Waals surface area contributed by atoms with Crippen molar-refractivity contribution in [1.82, 2.24) is 5.01 Å². The third kappa shape index (κ3) is 3.09. The molecule has 5 nitrogen and oxygen atoms in total. The second-order valence-corrected chi connectivity index (χ2v) is 9.20. The van der Waals surface area contributed by atoms with E-state index in [9.17, 15) is 13.6 Å². The number of nitrogens with two attached hydrogens (primary N) is 1. The van der Waals surface area contributed by atoms with Crippen molar-refractivity contribution in [2.45, 2.75) is 36.6 Å². The normalized spacial score (nSPS) is 27.7. The molecule has 1 fully saturated rings. The number of fused-ring (bicyclic) bond motifs is 2. The molecule has 1 amide bonds. The first-order chi connectivity index (χ1) is 14.5. The maximum Gasteiger partial charge on any atom is 0.247 e. The molecule has 0 saturated heterocycles. The van der Waals surface area contributed by atoms with Crippen molar-refractivity contribution in [2.75, 3.05) is 6.61 Å². The maximum absolute atomic E-state index is 14.5. The van der Waals surface area contributed by atoms with Crippen molar-refractivity contribution in [3.8, 4) is 5.75 Å². The van der Waals surface area contributed by atoms with Crippen LogP contribution in [0.5, 0.6) is 5.75 Å². The summed E-state index contributed by atoms with van der Waals surface area (Å²) in [6.45, 7) is 0.395. The lowest BCUT2D eigenvalue weighted by Crippen LogP contribution is -2.46. The van der Waals surface area contributed by atoms with Crippen LogP contribution >= 0.6 is 11.8 Å². The molecular weight excluding hydrogens is 408 g/mol. The van der Waals surface area contributed by atoms with Gasteiger partial charge in [0.05, 0.1) is 6.61 Å². The van der Waals surface area contributed by atoms with E-state index in [4.69, 9.17) is 10.5 Å². The molecule has 1 saturated carbocycles. The average molecular weight is 429 g/mol. The minimum Gasteiger partial charge on any atom is -0.493 e. The Kier molecular flexibility index (Phi) is 4.78. The number of ether oxygens (including phenoxy) is 1. The Bertz CT molecular complexity index is 1050. The van der Waals surface area contributed by atoms with E-state index in [0.717, 1.165) is 30.2 Å². The molecule has 0 bridgehead atoms. The van der Waals surface area contributed by atoms with Crippen LogP contribution in [0.2, 0.25) is 0 Å². The van der Waals surface area contributed by atoms with Crippen LogP contribution in [-0.4, -0.2) is 28.6 Å². The molecule has 8 heteroatoms. The number of nitrogens with zero attached hydrogens (tertiary/aromatic N) is 2. The molecule has 2 aromatic rings. The van der Waals surface area contributed by atoms with Crippen LogP contribution in [0.25, 0.3) is 0 Å². The molecule has 2 N–H and O–H groups in total. The number of para-hydroxylation sites is 1. The Labute approximate surface area is 177 Å². The van der Waals surface area contributed by atoms with Crippen LogP contribution in [0.15, 0.2) is 47.6 Å². The molecule has 2 aliphatic heterocycles. The molecule has 1 aliphatic carbocycles. The van der Waals surface area contributed by atoms with E-state index < -0.39 is 16.5 Å². The number of hydrogen-bond donors (Lipinski definition) is 1. The predicted octanol–water partition coefficient (Wildman–Crippen LogP) is 3.96. The van der Waals surface area contributed by atoms with Gasteiger partial charge in [0.15, 0.2) is 0 Å². The lowest BCUT2D eigenvalue weighted by molar-refractivity contribution is -0.139. The minimum atomic E-state index is -0.854. The number of rotatable bonds is 2. The summed E-state index contributed by atoms with van der Waals surface area (Å²) in [5, 5.41) is 6.34. The van der Waals surface area contributed by atoms with Gasteiger partial charge in [0, 0.05) is 29.5 Å². The van der Waals surface area contributed by atoms with Crippen molar-refractivity contribution in [3.05, 3.63) is 65.2 Å². The van der Waals surface area contributed by atoms with Crippen LogP contribution in [0.3, 0.4) is 0 Å². The zero-order valence-electron chi connectivity index (χ0n) is 16.2. The summed E-state index contributed by atoms with van der Waals surface area (Å²) >= 11 is 1.29. The Morgan fingerprint density at radius 2 is 2.07 bits per heavy atom. The zero-order valence-corrected chi connectivity index (χ0v) is 17.0. The number of thioether (sulfide) groups is 1. The number of hydrazone groups is 1. The maximum atomic E-state index is 14.5. The molecule has 2 aromatic carbocycles. The molecule has 3 unspecified atom stereocenters. The molecule has 0 aromatic heterocycles. The molecule has 30 heavy (non-hydrogen) atoms. The van der Waals surface area contributed by atoms with Gasteiger partial charge >= 0.3 is 0 Å². The van der Waals surface area contributed by atoms with E-state index in [0.29, 0.717) is 36.7 Å². The van der Waals surface area contributed by atoms with Gasteiger partial charge < -0.3 is 10.5 Å². The number of carbonyl (C=O) groups excluding carboxylic acids is 1. The van der Waals surface area contributed by atoms with Crippen LogP contribution < -0.4 is 10.5 Å². The number of carbonyl (C=O) groups is 1. The second kappa shape index (κ2) is 7.35. The number of hydrogen-bond acceptors (Lipinski definition) is 5. The van der Waals surface area contributed by atoms with Crippen molar-refractivity contribution in [3.63, 3.8) is 0 Å². The van der Waals surface area contributed by atoms with Gasteiger partial charge in [-0.25, -0.2) is 13.8 Å². The second-order valence-electron chi connectivity index (χ2n) is 7.93. The van der Waals surface area contributed by atoms with E-state index in [1.54, 1.807) is 0 Å². The van der Waals surface area contributed by atoms with Crippen molar-refractivity contribution >= 4 is 22.7 Å². The summed E-state index contributed by atoms with van der Waals surface area (Å²) in [6.07, 6.45) is 2.59. The first kappa shape index (κ1) is 19.5. The summed E-state index contributed by atoms with van der Waals surface area (Å²) in [6, 6.07) is 10.8. The summed E-state index contributed by atoms with van der Waals surface area (Å²) in [5.74, 6) is -0.807. The highest BCUT2D eigenvalue weighted by molar-refractivity contribution is 8.15. The largest absolute Gasteiger partial charge is 0.493 e. The minimum absolute atomic E-state index is 0.00348. The molecule has 3 aliphatic rings. The topological polar surface area (TPSA) is 67.9 Å². The van der Waals surface area contributed by atoms with E-state index >= 15 is 0 Å². The molecule has 3 atom stereocenters. The Hall–Kier alpha value is -2.45. The SMILES string of the molecule is NC1CCC(C(=O)N2N=C(c3cc(F)ccc3F)SC23CCOc2ccccc23)C1. The van der Waals surface area contributed by atoms with Crippen molar-refractivity contribution < 1.29 is 18.3 Å². The van der Waals surface area contributed by atoms with Gasteiger partial charge in [0.25, 0.3) is 0 Å². The summed E-state index contributed by atoms with van der Waals surface area (Å²) in [4.78, 5) is 12.7. The standard InChI is InChI=1S/C22H21F2N3O2S/c23-14-6-8-18(24)16(12-14)20-26-27(21(28)13-5-7-15(25)11-13)22(30-20)9-10-29-19-4-2-1-3-17(19)22/h1-4,6,8,12-13,15H,5,7,9-11,25H2. The van der Waals surface area contributed by atoms with E-state index in [1.165, 1.54) is 16.8 Å². The smallest absolute Gasteiger partial charge is 0.247 e. The number of halogens is 2. The monoisotopic (exact) mass is 429 g/mol. The van der Waals surface area contributed by atoms with Gasteiger partial charge in [0.2, 0.25) is 5.91 Å². The quantitative estimate of drug-likeness (QED) is 0.785. The summed E-state index contributed by atoms with van der Waals surface area (Å²) < 4.78 is 34.2. The first-order valence-electron chi connectivity index (χ1n) is 10.0. The van der Waals surface area contributed by atoms with Crippen molar-refractivity contribution in [2.24, 2.45) is 16.8 Å². The molecule has 156 valence electrons. The van der Waals surface area contributed by atoms with Crippen LogP contribution in [0.4, 0.5) is 8.78 Å². The zero-order chi connectivity index (χ0) is 20.9. The van der Waals surface area contributed by atoms with Crippen molar-refractivity contribution in [1.29, 1.82) is 0 Å². The summed E-state index contributed by atoms with van der Waals surface area (Å²) in [7, 11) is 0. The molecule has 1 spiro atoms. The number of benzene rings is 2. The third-order valence-electron chi connectivity index (χ3n) is 5.99. The van der Waals surface area contributed by atoms with Gasteiger partial charge in [-0.05, 0) is 43.5 Å². The fraction of sp³-hybridized carbons (Fsp3) is 0.364. The first-order valence-corrected chi connectivity index (χ1v) is 10.8. The summed E-state index contributed by atoms with van der Waals surface area (Å²) in [5.41, 5.74) is 6.91. The van der Waals surface area contributed by atoms with E-state index in [1.807, 2.05) is 24.3 Å². The lowest BCUT2D eigenvalue weighted by Gasteiger charge is -2.40. The average Bonchev–Trinajstić information content (AvgIpc) is 3.34. The number of amides is 1. The Morgan fingerprint density at radius 3 is 2.87 bits per heavy atom. The van der Waals surface area contributed by atoms with Crippen LogP contribution in [0.1, 0.15) is 36.8 Å². The van der Waals surface area contributed by atoms with Gasteiger partial charge in [0.1, 0.15) is 27.3 Å². The lowest BCUT2D eigenvalue weighted by atomic mass is 9.97. The highest BCUT2D eigenvalue weighted by Gasteiger charge is 2.53. The van der Waals surface area contributed by atoms with Crippen LogP contribution in [0, 0.1) is 17.6 Å². The highest BCUT2D eigenvalue weighted by Crippen LogP contribution is 2.55. The van der Waals surface area contributed by atoms with Crippen LogP contribution in [-0.2, 0) is 9.67 Å². The van der Waals surface area contributed by atoms with Gasteiger partial charge in [-0.2, -0.15) is 5.10 Å². The fourth-order valence-corrected chi connectivity index (χ4v) is 5.87. The fourth-order valence-electron chi connectivity index (χ4n) is 4.48. The Morgan fingerprint density at radius 1 is 1.23 bits per heavy atom.